The highest BCUT2D eigenvalue weighted by Gasteiger charge is 2.13. The van der Waals surface area contributed by atoms with Crippen LogP contribution < -0.4 is 10.1 Å². The van der Waals surface area contributed by atoms with Crippen LogP contribution in [0.15, 0.2) is 22.6 Å². The minimum atomic E-state index is 0.0464. The molecule has 0 amide bonds. The topological polar surface area (TPSA) is 47.3 Å². The maximum Gasteiger partial charge on any atom is 0.209 e. The largest absolute Gasteiger partial charge is 0.494 e. The van der Waals surface area contributed by atoms with Crippen LogP contribution in [0.1, 0.15) is 26.7 Å². The first kappa shape index (κ1) is 11.9. The van der Waals surface area contributed by atoms with Gasteiger partial charge in [-0.1, -0.05) is 6.07 Å². The van der Waals surface area contributed by atoms with Crippen molar-refractivity contribution in [2.24, 2.45) is 0 Å². The van der Waals surface area contributed by atoms with Crippen LogP contribution in [0.3, 0.4) is 0 Å². The van der Waals surface area contributed by atoms with E-state index in [9.17, 15) is 0 Å². The zero-order valence-electron chi connectivity index (χ0n) is 10.7. The van der Waals surface area contributed by atoms with Crippen LogP contribution in [-0.2, 0) is 6.54 Å². The Morgan fingerprint density at radius 2 is 2.12 bits per heavy atom. The maximum absolute atomic E-state index is 5.65. The number of oxazole rings is 1. The highest BCUT2D eigenvalue weighted by atomic mass is 16.5. The quantitative estimate of drug-likeness (QED) is 0.887. The van der Waals surface area contributed by atoms with Crippen molar-refractivity contribution in [2.75, 3.05) is 7.11 Å². The number of aromatic nitrogens is 1. The van der Waals surface area contributed by atoms with Crippen molar-refractivity contribution in [2.45, 2.75) is 32.9 Å². The molecule has 0 aliphatic rings. The van der Waals surface area contributed by atoms with Gasteiger partial charge in [0, 0.05) is 5.54 Å². The van der Waals surface area contributed by atoms with E-state index >= 15 is 0 Å². The second-order valence-electron chi connectivity index (χ2n) is 5.02. The average molecular weight is 234 g/mol. The Bertz CT molecular complexity index is 512. The van der Waals surface area contributed by atoms with E-state index in [1.54, 1.807) is 7.11 Å². The molecule has 2 aromatic rings. The zero-order chi connectivity index (χ0) is 12.5. The van der Waals surface area contributed by atoms with Crippen LogP contribution in [0, 0.1) is 0 Å². The van der Waals surface area contributed by atoms with E-state index in [1.165, 1.54) is 0 Å². The van der Waals surface area contributed by atoms with E-state index in [4.69, 9.17) is 9.15 Å². The molecular formula is C13H18N2O2. The van der Waals surface area contributed by atoms with Gasteiger partial charge in [-0.15, -0.1) is 0 Å². The normalized spacial score (nSPS) is 12.0. The lowest BCUT2D eigenvalue weighted by molar-refractivity contribution is 0.388. The Hall–Kier alpha value is -1.55. The molecular weight excluding hydrogens is 216 g/mol. The van der Waals surface area contributed by atoms with E-state index in [2.05, 4.69) is 31.1 Å². The first-order valence-electron chi connectivity index (χ1n) is 5.67. The number of ether oxygens (including phenoxy) is 1. The molecule has 0 radical (unpaired) electrons. The maximum atomic E-state index is 5.65. The molecule has 0 aliphatic heterocycles. The van der Waals surface area contributed by atoms with Crippen molar-refractivity contribution in [1.82, 2.24) is 10.3 Å². The van der Waals surface area contributed by atoms with E-state index in [0.29, 0.717) is 12.4 Å². The molecule has 4 heteroatoms. The highest BCUT2D eigenvalue weighted by Crippen LogP contribution is 2.25. The Kier molecular flexibility index (Phi) is 3.07. The van der Waals surface area contributed by atoms with Crippen LogP contribution in [-0.4, -0.2) is 17.6 Å². The van der Waals surface area contributed by atoms with E-state index in [-0.39, 0.29) is 5.54 Å². The monoisotopic (exact) mass is 234 g/mol. The molecule has 0 saturated carbocycles. The summed E-state index contributed by atoms with van der Waals surface area (Å²) in [6, 6.07) is 5.67. The fraction of sp³-hybridized carbons (Fsp3) is 0.462. The summed E-state index contributed by atoms with van der Waals surface area (Å²) in [5.41, 5.74) is 1.58. The summed E-state index contributed by atoms with van der Waals surface area (Å²) < 4.78 is 10.9. The molecule has 0 spiro atoms. The van der Waals surface area contributed by atoms with Gasteiger partial charge in [0.15, 0.2) is 11.1 Å². The van der Waals surface area contributed by atoms with Gasteiger partial charge in [-0.05, 0) is 32.9 Å². The lowest BCUT2D eigenvalue weighted by Crippen LogP contribution is -2.35. The van der Waals surface area contributed by atoms with Crippen LogP contribution in [0.25, 0.3) is 11.1 Å². The summed E-state index contributed by atoms with van der Waals surface area (Å²) in [5.74, 6) is 1.42. The average Bonchev–Trinajstić information content (AvgIpc) is 2.67. The van der Waals surface area contributed by atoms with Gasteiger partial charge in [0.25, 0.3) is 0 Å². The molecule has 0 bridgehead atoms. The minimum absolute atomic E-state index is 0.0464. The molecule has 0 fully saturated rings. The molecule has 1 heterocycles. The van der Waals surface area contributed by atoms with Crippen molar-refractivity contribution in [3.05, 3.63) is 24.1 Å². The molecule has 4 nitrogen and oxygen atoms in total. The molecule has 2 rings (SSSR count). The van der Waals surface area contributed by atoms with E-state index < -0.39 is 0 Å². The molecule has 0 saturated heterocycles. The molecule has 1 N–H and O–H groups in total. The highest BCUT2D eigenvalue weighted by molar-refractivity contribution is 5.79. The Morgan fingerprint density at radius 3 is 2.76 bits per heavy atom. The number of nitrogens with zero attached hydrogens (tertiary/aromatic N) is 1. The summed E-state index contributed by atoms with van der Waals surface area (Å²) >= 11 is 0. The van der Waals surface area contributed by atoms with Gasteiger partial charge in [-0.2, -0.15) is 0 Å². The fourth-order valence-corrected chi connectivity index (χ4v) is 1.55. The Labute approximate surface area is 101 Å². The zero-order valence-corrected chi connectivity index (χ0v) is 10.7. The summed E-state index contributed by atoms with van der Waals surface area (Å²) in [7, 11) is 1.64. The third kappa shape index (κ3) is 2.77. The molecule has 0 atom stereocenters. The Balaban J connectivity index is 2.26. The van der Waals surface area contributed by atoms with Crippen LogP contribution in [0.4, 0.5) is 0 Å². The van der Waals surface area contributed by atoms with E-state index in [1.807, 2.05) is 18.2 Å². The third-order valence-corrected chi connectivity index (χ3v) is 2.42. The van der Waals surface area contributed by atoms with Crippen molar-refractivity contribution in [3.8, 4) is 5.75 Å². The smallest absolute Gasteiger partial charge is 0.209 e. The molecule has 92 valence electrons. The van der Waals surface area contributed by atoms with E-state index in [0.717, 1.165) is 16.8 Å². The molecule has 1 aromatic heterocycles. The molecule has 0 aliphatic carbocycles. The molecule has 17 heavy (non-hydrogen) atoms. The van der Waals surface area contributed by atoms with Gasteiger partial charge >= 0.3 is 0 Å². The van der Waals surface area contributed by atoms with Crippen molar-refractivity contribution >= 4 is 11.1 Å². The van der Waals surface area contributed by atoms with Gasteiger partial charge < -0.3 is 14.5 Å². The summed E-state index contributed by atoms with van der Waals surface area (Å²) in [6.45, 7) is 6.93. The predicted molar refractivity (Wildman–Crippen MR) is 67.2 cm³/mol. The van der Waals surface area contributed by atoms with Gasteiger partial charge in [-0.25, -0.2) is 4.98 Å². The number of methoxy groups -OCH3 is 1. The molecule has 1 aromatic carbocycles. The first-order valence-corrected chi connectivity index (χ1v) is 5.67. The predicted octanol–water partition coefficient (Wildman–Crippen LogP) is 2.72. The molecule has 0 unspecified atom stereocenters. The van der Waals surface area contributed by atoms with Crippen LogP contribution in [0.5, 0.6) is 5.75 Å². The SMILES string of the molecule is COc1cccc2oc(CNC(C)(C)C)nc12. The van der Waals surface area contributed by atoms with Gasteiger partial charge in [-0.3, -0.25) is 0 Å². The van der Waals surface area contributed by atoms with Gasteiger partial charge in [0.2, 0.25) is 5.89 Å². The van der Waals surface area contributed by atoms with Gasteiger partial charge in [0.05, 0.1) is 13.7 Å². The van der Waals surface area contributed by atoms with Crippen LogP contribution in [0.2, 0.25) is 0 Å². The number of benzene rings is 1. The number of hydrogen-bond donors (Lipinski definition) is 1. The lowest BCUT2D eigenvalue weighted by Gasteiger charge is -2.18. The number of para-hydroxylation sites is 1. The Morgan fingerprint density at radius 1 is 1.35 bits per heavy atom. The fourth-order valence-electron chi connectivity index (χ4n) is 1.55. The summed E-state index contributed by atoms with van der Waals surface area (Å²) in [5, 5.41) is 3.34. The number of nitrogens with one attached hydrogen (secondary N) is 1. The lowest BCUT2D eigenvalue weighted by atomic mass is 10.1. The number of fused-ring (bicyclic) bond motifs is 1. The minimum Gasteiger partial charge on any atom is -0.494 e. The van der Waals surface area contributed by atoms with Crippen LogP contribution >= 0.6 is 0 Å². The second-order valence-corrected chi connectivity index (χ2v) is 5.02. The first-order chi connectivity index (χ1) is 7.99. The number of rotatable bonds is 3. The van der Waals surface area contributed by atoms with Crippen molar-refractivity contribution < 1.29 is 9.15 Å². The third-order valence-electron chi connectivity index (χ3n) is 2.42. The standard InChI is InChI=1S/C13H18N2O2/c1-13(2,3)14-8-11-15-12-9(16-4)6-5-7-10(12)17-11/h5-7,14H,8H2,1-4H3. The summed E-state index contributed by atoms with van der Waals surface area (Å²) in [6.07, 6.45) is 0. The number of hydrogen-bond acceptors (Lipinski definition) is 4. The van der Waals surface area contributed by atoms with Crippen molar-refractivity contribution in [3.63, 3.8) is 0 Å². The summed E-state index contributed by atoms with van der Waals surface area (Å²) in [4.78, 5) is 4.43. The van der Waals surface area contributed by atoms with Gasteiger partial charge in [0.1, 0.15) is 5.75 Å². The second kappa shape index (κ2) is 4.37. The van der Waals surface area contributed by atoms with Crippen molar-refractivity contribution in [1.29, 1.82) is 0 Å².